The van der Waals surface area contributed by atoms with Crippen LogP contribution >= 0.6 is 0 Å². The van der Waals surface area contributed by atoms with Crippen molar-refractivity contribution in [2.45, 2.75) is 72.4 Å². The number of rotatable bonds is 8. The van der Waals surface area contributed by atoms with Crippen molar-refractivity contribution < 1.29 is 0 Å². The highest BCUT2D eigenvalue weighted by Gasteiger charge is 2.22. The van der Waals surface area contributed by atoms with Crippen LogP contribution in [0.4, 0.5) is 0 Å². The Morgan fingerprint density at radius 2 is 1.69 bits per heavy atom. The summed E-state index contributed by atoms with van der Waals surface area (Å²) in [5.74, 6) is 0.759. The molecule has 0 heterocycles. The lowest BCUT2D eigenvalue weighted by Gasteiger charge is -2.35. The third-order valence-electron chi connectivity index (χ3n) is 3.72. The highest BCUT2D eigenvalue weighted by Crippen LogP contribution is 2.20. The van der Waals surface area contributed by atoms with Gasteiger partial charge in [-0.25, -0.2) is 0 Å². The van der Waals surface area contributed by atoms with Gasteiger partial charge in [0.05, 0.1) is 12.6 Å². The second-order valence-electron chi connectivity index (χ2n) is 4.90. The first kappa shape index (κ1) is 15.4. The molecule has 0 aromatic heterocycles. The van der Waals surface area contributed by atoms with Crippen LogP contribution in [0.3, 0.4) is 0 Å². The summed E-state index contributed by atoms with van der Waals surface area (Å²) in [6, 6.07) is 3.41. The summed E-state index contributed by atoms with van der Waals surface area (Å²) in [4.78, 5) is 2.38. The minimum atomic E-state index is 0.522. The lowest BCUT2D eigenvalue weighted by molar-refractivity contribution is 0.134. The van der Waals surface area contributed by atoms with Crippen molar-refractivity contribution >= 4 is 0 Å². The summed E-state index contributed by atoms with van der Waals surface area (Å²) in [6.07, 6.45) is 4.73. The van der Waals surface area contributed by atoms with Gasteiger partial charge >= 0.3 is 0 Å². The molecule has 0 aromatic carbocycles. The maximum absolute atomic E-state index is 8.93. The number of nitriles is 1. The molecule has 94 valence electrons. The zero-order valence-corrected chi connectivity index (χ0v) is 11.7. The summed E-state index contributed by atoms with van der Waals surface area (Å²) in [7, 11) is 0. The normalized spacial score (nSPS) is 16.8. The van der Waals surface area contributed by atoms with Gasteiger partial charge in [-0.15, -0.1) is 0 Å². The van der Waals surface area contributed by atoms with E-state index in [4.69, 9.17) is 5.26 Å². The second-order valence-corrected chi connectivity index (χ2v) is 4.90. The molecule has 2 nitrogen and oxygen atoms in total. The molecule has 0 amide bonds. The Hall–Kier alpha value is -0.550. The van der Waals surface area contributed by atoms with Crippen LogP contribution in [0, 0.1) is 17.2 Å². The standard InChI is InChI=1S/C14H28N2/c1-6-12(4)11-14(8-3)16(10-9-15)13(5)7-2/h12-14H,6-8,10-11H2,1-5H3. The monoisotopic (exact) mass is 224 g/mol. The summed E-state index contributed by atoms with van der Waals surface area (Å²) >= 11 is 0. The molecule has 0 spiro atoms. The predicted octanol–water partition coefficient (Wildman–Crippen LogP) is 3.83. The Balaban J connectivity index is 4.51. The van der Waals surface area contributed by atoms with E-state index in [1.54, 1.807) is 0 Å². The molecule has 0 saturated heterocycles. The molecule has 16 heavy (non-hydrogen) atoms. The van der Waals surface area contributed by atoms with Crippen LogP contribution < -0.4 is 0 Å². The van der Waals surface area contributed by atoms with Gasteiger partial charge in [-0.05, 0) is 32.1 Å². The third kappa shape index (κ3) is 4.99. The first-order valence-corrected chi connectivity index (χ1v) is 6.73. The highest BCUT2D eigenvalue weighted by atomic mass is 15.2. The van der Waals surface area contributed by atoms with Crippen molar-refractivity contribution in [3.63, 3.8) is 0 Å². The van der Waals surface area contributed by atoms with Gasteiger partial charge < -0.3 is 0 Å². The molecule has 2 heteroatoms. The molecule has 0 aliphatic carbocycles. The van der Waals surface area contributed by atoms with E-state index in [1.807, 2.05) is 0 Å². The molecule has 0 rings (SSSR count). The van der Waals surface area contributed by atoms with Crippen LogP contribution in [0.1, 0.15) is 60.3 Å². The molecular formula is C14H28N2. The topological polar surface area (TPSA) is 27.0 Å². The van der Waals surface area contributed by atoms with E-state index >= 15 is 0 Å². The molecule has 3 atom stereocenters. The molecule has 3 unspecified atom stereocenters. The molecular weight excluding hydrogens is 196 g/mol. The summed E-state index contributed by atoms with van der Waals surface area (Å²) in [5.41, 5.74) is 0. The van der Waals surface area contributed by atoms with Gasteiger partial charge in [0.15, 0.2) is 0 Å². The fourth-order valence-corrected chi connectivity index (χ4v) is 2.13. The van der Waals surface area contributed by atoms with Crippen molar-refractivity contribution in [3.8, 4) is 6.07 Å². The average molecular weight is 224 g/mol. The van der Waals surface area contributed by atoms with Crippen LogP contribution in [0.2, 0.25) is 0 Å². The van der Waals surface area contributed by atoms with Crippen molar-refractivity contribution in [3.05, 3.63) is 0 Å². The molecule has 0 aromatic rings. The Labute approximate surface area is 102 Å². The predicted molar refractivity (Wildman–Crippen MR) is 70.2 cm³/mol. The molecule has 0 bridgehead atoms. The largest absolute Gasteiger partial charge is 0.285 e. The lowest BCUT2D eigenvalue weighted by atomic mass is 9.95. The Kier molecular flexibility index (Phi) is 8.29. The van der Waals surface area contributed by atoms with Gasteiger partial charge in [-0.1, -0.05) is 34.1 Å². The van der Waals surface area contributed by atoms with Crippen LogP contribution in [0.25, 0.3) is 0 Å². The Morgan fingerprint density at radius 3 is 2.06 bits per heavy atom. The first-order chi connectivity index (χ1) is 7.60. The van der Waals surface area contributed by atoms with Crippen molar-refractivity contribution in [1.29, 1.82) is 5.26 Å². The molecule has 0 aliphatic heterocycles. The first-order valence-electron chi connectivity index (χ1n) is 6.73. The minimum Gasteiger partial charge on any atom is -0.285 e. The third-order valence-corrected chi connectivity index (χ3v) is 3.72. The molecule has 0 aliphatic rings. The fraction of sp³-hybridized carbons (Fsp3) is 0.929. The zero-order valence-electron chi connectivity index (χ0n) is 11.7. The van der Waals surface area contributed by atoms with Crippen molar-refractivity contribution in [1.82, 2.24) is 4.90 Å². The summed E-state index contributed by atoms with van der Waals surface area (Å²) in [6.45, 7) is 11.8. The van der Waals surface area contributed by atoms with Crippen molar-refractivity contribution in [2.75, 3.05) is 6.54 Å². The van der Waals surface area contributed by atoms with E-state index in [-0.39, 0.29) is 0 Å². The molecule has 0 radical (unpaired) electrons. The maximum Gasteiger partial charge on any atom is 0.0870 e. The van der Waals surface area contributed by atoms with E-state index in [2.05, 4.69) is 45.6 Å². The van der Waals surface area contributed by atoms with E-state index in [9.17, 15) is 0 Å². The number of nitrogens with zero attached hydrogens (tertiary/aromatic N) is 2. The van der Waals surface area contributed by atoms with E-state index in [0.717, 1.165) is 18.8 Å². The maximum atomic E-state index is 8.93. The Bertz CT molecular complexity index is 207. The average Bonchev–Trinajstić information content (AvgIpc) is 2.32. The summed E-state index contributed by atoms with van der Waals surface area (Å²) in [5, 5.41) is 8.93. The van der Waals surface area contributed by atoms with Gasteiger partial charge in [-0.3, -0.25) is 4.90 Å². The number of hydrogen-bond acceptors (Lipinski definition) is 2. The van der Waals surface area contributed by atoms with E-state index < -0.39 is 0 Å². The second kappa shape index (κ2) is 8.58. The highest BCUT2D eigenvalue weighted by molar-refractivity contribution is 4.85. The molecule has 0 fully saturated rings. The fourth-order valence-electron chi connectivity index (χ4n) is 2.13. The van der Waals surface area contributed by atoms with Crippen LogP contribution in [-0.4, -0.2) is 23.5 Å². The van der Waals surface area contributed by atoms with Crippen LogP contribution in [0.15, 0.2) is 0 Å². The van der Waals surface area contributed by atoms with Gasteiger partial charge in [-0.2, -0.15) is 5.26 Å². The van der Waals surface area contributed by atoms with Gasteiger partial charge in [0.2, 0.25) is 0 Å². The van der Waals surface area contributed by atoms with Gasteiger partial charge in [0.25, 0.3) is 0 Å². The van der Waals surface area contributed by atoms with Gasteiger partial charge in [0.1, 0.15) is 0 Å². The lowest BCUT2D eigenvalue weighted by Crippen LogP contribution is -2.42. The van der Waals surface area contributed by atoms with Crippen LogP contribution in [0.5, 0.6) is 0 Å². The van der Waals surface area contributed by atoms with Crippen molar-refractivity contribution in [2.24, 2.45) is 5.92 Å². The van der Waals surface area contributed by atoms with E-state index in [1.165, 1.54) is 12.8 Å². The van der Waals surface area contributed by atoms with Gasteiger partial charge in [0, 0.05) is 12.1 Å². The minimum absolute atomic E-state index is 0.522. The zero-order chi connectivity index (χ0) is 12.6. The molecule has 0 saturated carbocycles. The van der Waals surface area contributed by atoms with Crippen LogP contribution in [-0.2, 0) is 0 Å². The Morgan fingerprint density at radius 1 is 1.06 bits per heavy atom. The summed E-state index contributed by atoms with van der Waals surface area (Å²) < 4.78 is 0. The molecule has 0 N–H and O–H groups in total. The SMILES string of the molecule is CCC(C)CC(CC)N(CC#N)C(C)CC. The smallest absolute Gasteiger partial charge is 0.0870 e. The number of hydrogen-bond donors (Lipinski definition) is 0. The quantitative estimate of drug-likeness (QED) is 0.586. The van der Waals surface area contributed by atoms with E-state index in [0.29, 0.717) is 18.6 Å².